The summed E-state index contributed by atoms with van der Waals surface area (Å²) in [6.45, 7) is 0. The highest BCUT2D eigenvalue weighted by Gasteiger charge is 2.07. The molecule has 3 rings (SSSR count). The summed E-state index contributed by atoms with van der Waals surface area (Å²) in [7, 11) is 1.34. The van der Waals surface area contributed by atoms with Gasteiger partial charge >= 0.3 is 5.97 Å². The molecule has 0 aliphatic carbocycles. The molecule has 0 saturated carbocycles. The molecule has 3 aromatic rings. The molecule has 3 aromatic carbocycles. The van der Waals surface area contributed by atoms with Gasteiger partial charge in [0.25, 0.3) is 5.91 Å². The van der Waals surface area contributed by atoms with Crippen LogP contribution in [-0.4, -0.2) is 19.0 Å². The van der Waals surface area contributed by atoms with E-state index in [1.807, 2.05) is 12.1 Å². The van der Waals surface area contributed by atoms with E-state index < -0.39 is 0 Å². The van der Waals surface area contributed by atoms with Crippen LogP contribution in [0.1, 0.15) is 20.7 Å². The topological polar surface area (TPSA) is 67.4 Å². The Balaban J connectivity index is 1.62. The van der Waals surface area contributed by atoms with E-state index in [-0.39, 0.29) is 17.7 Å². The number of methoxy groups -OCH3 is 1. The summed E-state index contributed by atoms with van der Waals surface area (Å²) in [6.07, 6.45) is 0. The van der Waals surface area contributed by atoms with Gasteiger partial charge in [-0.1, -0.05) is 0 Å². The van der Waals surface area contributed by atoms with Crippen LogP contribution < -0.4 is 10.6 Å². The van der Waals surface area contributed by atoms with Crippen LogP contribution in [-0.2, 0) is 4.74 Å². The maximum absolute atomic E-state index is 12.9. The summed E-state index contributed by atoms with van der Waals surface area (Å²) in [6, 6.07) is 19.4. The van der Waals surface area contributed by atoms with Crippen molar-refractivity contribution in [2.75, 3.05) is 17.7 Å². The van der Waals surface area contributed by atoms with Crippen molar-refractivity contribution >= 4 is 28.9 Å². The van der Waals surface area contributed by atoms with Crippen molar-refractivity contribution < 1.29 is 18.7 Å². The minimum Gasteiger partial charge on any atom is -0.465 e. The third-order valence-corrected chi connectivity index (χ3v) is 3.84. The molecule has 0 saturated heterocycles. The van der Waals surface area contributed by atoms with Crippen LogP contribution in [0.5, 0.6) is 0 Å². The number of rotatable bonds is 5. The van der Waals surface area contributed by atoms with Crippen LogP contribution in [0.25, 0.3) is 0 Å². The van der Waals surface area contributed by atoms with Gasteiger partial charge in [0.15, 0.2) is 0 Å². The first-order valence-electron chi connectivity index (χ1n) is 8.17. The van der Waals surface area contributed by atoms with Gasteiger partial charge in [0.1, 0.15) is 5.82 Å². The number of anilines is 3. The van der Waals surface area contributed by atoms with E-state index in [0.717, 1.165) is 11.4 Å². The third-order valence-electron chi connectivity index (χ3n) is 3.84. The van der Waals surface area contributed by atoms with Crippen LogP contribution in [0, 0.1) is 5.82 Å². The normalized spacial score (nSPS) is 10.1. The molecule has 0 spiro atoms. The van der Waals surface area contributed by atoms with Gasteiger partial charge in [-0.05, 0) is 72.8 Å². The highest BCUT2D eigenvalue weighted by molar-refractivity contribution is 6.04. The fourth-order valence-corrected chi connectivity index (χ4v) is 2.42. The Morgan fingerprint density at radius 2 is 1.22 bits per heavy atom. The summed E-state index contributed by atoms with van der Waals surface area (Å²) in [4.78, 5) is 23.6. The molecule has 0 aliphatic heterocycles. The van der Waals surface area contributed by atoms with E-state index in [9.17, 15) is 14.0 Å². The van der Waals surface area contributed by atoms with Gasteiger partial charge in [-0.25, -0.2) is 9.18 Å². The average molecular weight is 364 g/mol. The second-order valence-electron chi connectivity index (χ2n) is 5.73. The van der Waals surface area contributed by atoms with Crippen molar-refractivity contribution in [2.24, 2.45) is 0 Å². The molecule has 0 aliphatic rings. The monoisotopic (exact) mass is 364 g/mol. The minimum atomic E-state index is -0.387. The maximum atomic E-state index is 12.9. The lowest BCUT2D eigenvalue weighted by Crippen LogP contribution is -2.11. The lowest BCUT2D eigenvalue weighted by Gasteiger charge is -2.09. The molecular weight excluding hydrogens is 347 g/mol. The number of halogens is 1. The second-order valence-corrected chi connectivity index (χ2v) is 5.73. The van der Waals surface area contributed by atoms with Gasteiger partial charge in [0.2, 0.25) is 0 Å². The molecule has 0 atom stereocenters. The van der Waals surface area contributed by atoms with Crippen LogP contribution in [0.2, 0.25) is 0 Å². The first kappa shape index (κ1) is 18.1. The van der Waals surface area contributed by atoms with Gasteiger partial charge in [0, 0.05) is 22.6 Å². The summed E-state index contributed by atoms with van der Waals surface area (Å²) in [5.41, 5.74) is 3.11. The fourth-order valence-electron chi connectivity index (χ4n) is 2.42. The third kappa shape index (κ3) is 4.70. The number of hydrogen-bond acceptors (Lipinski definition) is 4. The number of hydrogen-bond donors (Lipinski definition) is 2. The Kier molecular flexibility index (Phi) is 5.47. The molecule has 5 nitrogen and oxygen atoms in total. The molecule has 6 heteroatoms. The molecule has 27 heavy (non-hydrogen) atoms. The summed E-state index contributed by atoms with van der Waals surface area (Å²) in [5.74, 6) is -1.08. The second kappa shape index (κ2) is 8.14. The number of benzene rings is 3. The summed E-state index contributed by atoms with van der Waals surface area (Å²) < 4.78 is 17.6. The molecule has 0 bridgehead atoms. The Bertz CT molecular complexity index is 937. The van der Waals surface area contributed by atoms with E-state index in [4.69, 9.17) is 0 Å². The van der Waals surface area contributed by atoms with E-state index in [2.05, 4.69) is 15.4 Å². The van der Waals surface area contributed by atoms with Crippen molar-refractivity contribution in [3.63, 3.8) is 0 Å². The zero-order chi connectivity index (χ0) is 19.2. The van der Waals surface area contributed by atoms with Crippen molar-refractivity contribution in [1.82, 2.24) is 0 Å². The first-order chi connectivity index (χ1) is 13.0. The Labute approximate surface area is 155 Å². The Morgan fingerprint density at radius 1 is 0.741 bits per heavy atom. The van der Waals surface area contributed by atoms with E-state index in [1.54, 1.807) is 36.4 Å². The van der Waals surface area contributed by atoms with Crippen LogP contribution in [0.15, 0.2) is 72.8 Å². The van der Waals surface area contributed by atoms with Gasteiger partial charge in [-0.15, -0.1) is 0 Å². The van der Waals surface area contributed by atoms with E-state index in [0.29, 0.717) is 16.8 Å². The molecule has 0 heterocycles. The summed E-state index contributed by atoms with van der Waals surface area (Å²) in [5, 5.41) is 5.95. The predicted molar refractivity (Wildman–Crippen MR) is 102 cm³/mol. The number of carbonyl (C=O) groups is 2. The Morgan fingerprint density at radius 3 is 1.78 bits per heavy atom. The molecule has 136 valence electrons. The lowest BCUT2D eigenvalue weighted by molar-refractivity contribution is 0.0600. The van der Waals surface area contributed by atoms with E-state index >= 15 is 0 Å². The summed E-state index contributed by atoms with van der Waals surface area (Å²) >= 11 is 0. The number of carbonyl (C=O) groups excluding carboxylic acids is 2. The highest BCUT2D eigenvalue weighted by atomic mass is 19.1. The van der Waals surface area contributed by atoms with Crippen molar-refractivity contribution in [1.29, 1.82) is 0 Å². The van der Waals surface area contributed by atoms with Crippen molar-refractivity contribution in [3.05, 3.63) is 89.7 Å². The molecule has 0 radical (unpaired) electrons. The SMILES string of the molecule is COC(=O)c1ccc(Nc2ccc(NC(=O)c3ccc(F)cc3)cc2)cc1. The van der Waals surface area contributed by atoms with E-state index in [1.165, 1.54) is 31.4 Å². The van der Waals surface area contributed by atoms with Gasteiger partial charge in [-0.2, -0.15) is 0 Å². The lowest BCUT2D eigenvalue weighted by atomic mass is 10.2. The van der Waals surface area contributed by atoms with Crippen LogP contribution in [0.4, 0.5) is 21.5 Å². The number of nitrogens with one attached hydrogen (secondary N) is 2. The molecule has 2 N–H and O–H groups in total. The molecular formula is C21H17FN2O3. The van der Waals surface area contributed by atoms with Gasteiger partial charge < -0.3 is 15.4 Å². The fraction of sp³-hybridized carbons (Fsp3) is 0.0476. The van der Waals surface area contributed by atoms with Gasteiger partial charge in [0.05, 0.1) is 12.7 Å². The number of amides is 1. The largest absolute Gasteiger partial charge is 0.465 e. The number of esters is 1. The van der Waals surface area contributed by atoms with Crippen LogP contribution in [0.3, 0.4) is 0 Å². The minimum absolute atomic E-state index is 0.311. The standard InChI is InChI=1S/C21H17FN2O3/c1-27-21(26)15-4-8-17(9-5-15)23-18-10-12-19(13-11-18)24-20(25)14-2-6-16(22)7-3-14/h2-13,23H,1H3,(H,24,25). The highest BCUT2D eigenvalue weighted by Crippen LogP contribution is 2.20. The van der Waals surface area contributed by atoms with Crippen molar-refractivity contribution in [3.8, 4) is 0 Å². The maximum Gasteiger partial charge on any atom is 0.337 e. The van der Waals surface area contributed by atoms with Crippen molar-refractivity contribution in [2.45, 2.75) is 0 Å². The number of ether oxygens (including phenoxy) is 1. The van der Waals surface area contributed by atoms with Gasteiger partial charge in [-0.3, -0.25) is 4.79 Å². The predicted octanol–water partition coefficient (Wildman–Crippen LogP) is 4.61. The Hall–Kier alpha value is -3.67. The smallest absolute Gasteiger partial charge is 0.337 e. The average Bonchev–Trinajstić information content (AvgIpc) is 2.70. The molecule has 0 unspecified atom stereocenters. The molecule has 0 fully saturated rings. The molecule has 1 amide bonds. The van der Waals surface area contributed by atoms with Crippen LogP contribution >= 0.6 is 0 Å². The zero-order valence-electron chi connectivity index (χ0n) is 14.5. The quantitative estimate of drug-likeness (QED) is 0.649. The zero-order valence-corrected chi connectivity index (χ0v) is 14.5. The first-order valence-corrected chi connectivity index (χ1v) is 8.17. The molecule has 0 aromatic heterocycles.